The van der Waals surface area contributed by atoms with Gasteiger partial charge in [-0.2, -0.15) is 0 Å². The molecule has 1 fully saturated rings. The van der Waals surface area contributed by atoms with Crippen LogP contribution in [-0.4, -0.2) is 31.3 Å². The summed E-state index contributed by atoms with van der Waals surface area (Å²) >= 11 is 0. The Kier molecular flexibility index (Phi) is 4.28. The molecule has 1 aromatic heterocycles. The lowest BCUT2D eigenvalue weighted by Crippen LogP contribution is -2.20. The first-order chi connectivity index (χ1) is 8.68. The molecular formula is C12H20N4O2. The van der Waals surface area contributed by atoms with Gasteiger partial charge < -0.3 is 5.11 Å². The summed E-state index contributed by atoms with van der Waals surface area (Å²) in [4.78, 5) is 10.9. The SMILES string of the molecule is CC(Cn1nnnc1C1CCCCCC1)C(=O)O. The van der Waals surface area contributed by atoms with Crippen molar-refractivity contribution in [2.45, 2.75) is 57.9 Å². The molecule has 0 amide bonds. The van der Waals surface area contributed by atoms with Crippen LogP contribution in [0.2, 0.25) is 0 Å². The van der Waals surface area contributed by atoms with E-state index < -0.39 is 11.9 Å². The van der Waals surface area contributed by atoms with E-state index in [9.17, 15) is 4.79 Å². The molecule has 1 saturated carbocycles. The minimum absolute atomic E-state index is 0.355. The van der Waals surface area contributed by atoms with Crippen molar-refractivity contribution in [3.63, 3.8) is 0 Å². The lowest BCUT2D eigenvalue weighted by atomic mass is 9.99. The maximum atomic E-state index is 10.9. The predicted octanol–water partition coefficient (Wildman–Crippen LogP) is 1.83. The zero-order valence-electron chi connectivity index (χ0n) is 10.7. The average Bonchev–Trinajstić information content (AvgIpc) is 2.63. The van der Waals surface area contributed by atoms with Gasteiger partial charge in [-0.25, -0.2) is 4.68 Å². The largest absolute Gasteiger partial charge is 0.481 e. The molecule has 1 N–H and O–H groups in total. The van der Waals surface area contributed by atoms with E-state index >= 15 is 0 Å². The number of aliphatic carboxylic acids is 1. The van der Waals surface area contributed by atoms with Crippen LogP contribution in [0, 0.1) is 5.92 Å². The van der Waals surface area contributed by atoms with Crippen molar-refractivity contribution in [2.24, 2.45) is 5.92 Å². The fourth-order valence-electron chi connectivity index (χ4n) is 2.51. The molecule has 0 spiro atoms. The number of carbonyl (C=O) groups is 1. The Morgan fingerprint density at radius 2 is 2.06 bits per heavy atom. The van der Waals surface area contributed by atoms with E-state index in [1.54, 1.807) is 11.6 Å². The molecule has 0 aromatic carbocycles. The fraction of sp³-hybridized carbons (Fsp3) is 0.833. The molecule has 100 valence electrons. The van der Waals surface area contributed by atoms with Crippen LogP contribution in [0.25, 0.3) is 0 Å². The number of rotatable bonds is 4. The van der Waals surface area contributed by atoms with Gasteiger partial charge in [0.25, 0.3) is 0 Å². The number of tetrazole rings is 1. The third-order valence-corrected chi connectivity index (χ3v) is 3.65. The lowest BCUT2D eigenvalue weighted by molar-refractivity contribution is -0.141. The Labute approximate surface area is 106 Å². The fourth-order valence-corrected chi connectivity index (χ4v) is 2.51. The van der Waals surface area contributed by atoms with Crippen LogP contribution in [0.15, 0.2) is 0 Å². The van der Waals surface area contributed by atoms with E-state index in [0.717, 1.165) is 18.7 Å². The smallest absolute Gasteiger partial charge is 0.308 e. The lowest BCUT2D eigenvalue weighted by Gasteiger charge is -2.14. The summed E-state index contributed by atoms with van der Waals surface area (Å²) in [5.41, 5.74) is 0. The van der Waals surface area contributed by atoms with Gasteiger partial charge in [0.2, 0.25) is 0 Å². The third kappa shape index (κ3) is 3.05. The van der Waals surface area contributed by atoms with E-state index in [1.807, 2.05) is 0 Å². The molecule has 0 radical (unpaired) electrons. The highest BCUT2D eigenvalue weighted by atomic mass is 16.4. The van der Waals surface area contributed by atoms with Crippen LogP contribution < -0.4 is 0 Å². The summed E-state index contributed by atoms with van der Waals surface area (Å²) in [5.74, 6) is -0.0103. The third-order valence-electron chi connectivity index (χ3n) is 3.65. The van der Waals surface area contributed by atoms with Gasteiger partial charge >= 0.3 is 5.97 Å². The molecule has 0 aliphatic heterocycles. The Balaban J connectivity index is 2.08. The van der Waals surface area contributed by atoms with Crippen molar-refractivity contribution < 1.29 is 9.90 Å². The van der Waals surface area contributed by atoms with Crippen molar-refractivity contribution in [1.82, 2.24) is 20.2 Å². The summed E-state index contributed by atoms with van der Waals surface area (Å²) in [7, 11) is 0. The molecule has 0 saturated heterocycles. The first-order valence-electron chi connectivity index (χ1n) is 6.67. The van der Waals surface area contributed by atoms with Gasteiger partial charge in [0.15, 0.2) is 5.82 Å². The summed E-state index contributed by atoms with van der Waals surface area (Å²) in [6.07, 6.45) is 7.22. The van der Waals surface area contributed by atoms with Crippen molar-refractivity contribution in [3.8, 4) is 0 Å². The standard InChI is InChI=1S/C12H20N4O2/c1-9(12(17)18)8-16-11(13-14-15-16)10-6-4-2-3-5-7-10/h9-10H,2-8H2,1H3,(H,17,18). The second-order valence-corrected chi connectivity index (χ2v) is 5.15. The van der Waals surface area contributed by atoms with Crippen LogP contribution in [-0.2, 0) is 11.3 Å². The monoisotopic (exact) mass is 252 g/mol. The Morgan fingerprint density at radius 3 is 2.67 bits per heavy atom. The first kappa shape index (κ1) is 13.0. The molecule has 0 bridgehead atoms. The summed E-state index contributed by atoms with van der Waals surface area (Å²) in [5, 5.41) is 20.7. The molecule has 1 heterocycles. The predicted molar refractivity (Wildman–Crippen MR) is 65.1 cm³/mol. The number of carboxylic acids is 1. The zero-order chi connectivity index (χ0) is 13.0. The molecule has 1 atom stereocenters. The quantitative estimate of drug-likeness (QED) is 0.827. The van der Waals surface area contributed by atoms with E-state index in [-0.39, 0.29) is 0 Å². The van der Waals surface area contributed by atoms with Gasteiger partial charge in [-0.05, 0) is 23.3 Å². The van der Waals surface area contributed by atoms with E-state index in [4.69, 9.17) is 5.11 Å². The van der Waals surface area contributed by atoms with E-state index in [2.05, 4.69) is 15.5 Å². The first-order valence-corrected chi connectivity index (χ1v) is 6.67. The van der Waals surface area contributed by atoms with Gasteiger partial charge in [-0.15, -0.1) is 5.10 Å². The normalized spacial score (nSPS) is 19.4. The molecular weight excluding hydrogens is 232 g/mol. The van der Waals surface area contributed by atoms with Gasteiger partial charge in [0.05, 0.1) is 12.5 Å². The molecule has 2 rings (SSSR count). The topological polar surface area (TPSA) is 80.9 Å². The highest BCUT2D eigenvalue weighted by Gasteiger charge is 2.22. The molecule has 1 aromatic rings. The minimum Gasteiger partial charge on any atom is -0.481 e. The average molecular weight is 252 g/mol. The van der Waals surface area contributed by atoms with E-state index in [1.165, 1.54) is 25.7 Å². The second kappa shape index (κ2) is 5.93. The van der Waals surface area contributed by atoms with Crippen molar-refractivity contribution in [2.75, 3.05) is 0 Å². The molecule has 6 nitrogen and oxygen atoms in total. The Morgan fingerprint density at radius 1 is 1.39 bits per heavy atom. The maximum absolute atomic E-state index is 10.9. The van der Waals surface area contributed by atoms with Crippen LogP contribution in [0.5, 0.6) is 0 Å². The van der Waals surface area contributed by atoms with Crippen molar-refractivity contribution >= 4 is 5.97 Å². The van der Waals surface area contributed by atoms with Crippen LogP contribution in [0.1, 0.15) is 57.2 Å². The van der Waals surface area contributed by atoms with Crippen molar-refractivity contribution in [3.05, 3.63) is 5.82 Å². The second-order valence-electron chi connectivity index (χ2n) is 5.15. The van der Waals surface area contributed by atoms with Gasteiger partial charge in [-0.3, -0.25) is 4.79 Å². The minimum atomic E-state index is -0.808. The number of aromatic nitrogens is 4. The van der Waals surface area contributed by atoms with Crippen molar-refractivity contribution in [1.29, 1.82) is 0 Å². The number of nitrogens with zero attached hydrogens (tertiary/aromatic N) is 4. The molecule has 18 heavy (non-hydrogen) atoms. The number of hydrogen-bond donors (Lipinski definition) is 1. The van der Waals surface area contributed by atoms with Crippen LogP contribution in [0.3, 0.4) is 0 Å². The molecule has 1 unspecified atom stereocenters. The molecule has 1 aliphatic rings. The van der Waals surface area contributed by atoms with Crippen LogP contribution in [0.4, 0.5) is 0 Å². The van der Waals surface area contributed by atoms with Gasteiger partial charge in [-0.1, -0.05) is 32.6 Å². The highest BCUT2D eigenvalue weighted by Crippen LogP contribution is 2.30. The zero-order valence-corrected chi connectivity index (χ0v) is 10.7. The summed E-state index contributed by atoms with van der Waals surface area (Å²) in [6, 6.07) is 0. The van der Waals surface area contributed by atoms with Gasteiger partial charge in [0, 0.05) is 5.92 Å². The summed E-state index contributed by atoms with van der Waals surface area (Å²) in [6.45, 7) is 2.04. The Bertz CT molecular complexity index is 397. The highest BCUT2D eigenvalue weighted by molar-refractivity contribution is 5.69. The van der Waals surface area contributed by atoms with Crippen LogP contribution >= 0.6 is 0 Å². The Hall–Kier alpha value is -1.46. The van der Waals surface area contributed by atoms with E-state index in [0.29, 0.717) is 12.5 Å². The molecule has 1 aliphatic carbocycles. The maximum Gasteiger partial charge on any atom is 0.308 e. The van der Waals surface area contributed by atoms with Gasteiger partial charge in [0.1, 0.15) is 0 Å². The number of hydrogen-bond acceptors (Lipinski definition) is 4. The number of carboxylic acid groups (broad SMARTS) is 1. The summed E-state index contributed by atoms with van der Waals surface area (Å²) < 4.78 is 1.68. The molecule has 6 heteroatoms.